The minimum absolute atomic E-state index is 0. The van der Waals surface area contributed by atoms with E-state index in [1.807, 2.05) is 18.2 Å². The second-order valence-corrected chi connectivity index (χ2v) is 7.60. The maximum Gasteiger partial charge on any atom is 0.323 e. The van der Waals surface area contributed by atoms with Gasteiger partial charge in [-0.05, 0) is 49.2 Å². The first-order valence-corrected chi connectivity index (χ1v) is 9.55. The van der Waals surface area contributed by atoms with Crippen LogP contribution in [0, 0.1) is 5.92 Å². The Labute approximate surface area is 189 Å². The molecule has 0 amide bonds. The van der Waals surface area contributed by atoms with E-state index in [4.69, 9.17) is 18.7 Å². The zero-order valence-corrected chi connectivity index (χ0v) is 18.2. The van der Waals surface area contributed by atoms with Gasteiger partial charge in [0.25, 0.3) is 0 Å². The third-order valence-corrected chi connectivity index (χ3v) is 5.89. The quantitative estimate of drug-likeness (QED) is 0.366. The highest BCUT2D eigenvalue weighted by molar-refractivity contribution is 6.15. The van der Waals surface area contributed by atoms with Crippen LogP contribution in [0.5, 0.6) is 5.75 Å². The zero-order valence-electron chi connectivity index (χ0n) is 16.5. The molecule has 10 heteroatoms. The summed E-state index contributed by atoms with van der Waals surface area (Å²) >= 11 is 0. The van der Waals surface area contributed by atoms with Gasteiger partial charge in [0.1, 0.15) is 11.3 Å². The Bertz CT molecular complexity index is 854. The Morgan fingerprint density at radius 2 is 2.03 bits per heavy atom. The predicted molar refractivity (Wildman–Crippen MR) is 122 cm³/mol. The topological polar surface area (TPSA) is 129 Å². The van der Waals surface area contributed by atoms with Crippen molar-refractivity contribution >= 4 is 49.5 Å². The number of hydrogen-bond donors (Lipinski definition) is 5. The number of aromatic hydroxyl groups is 1. The van der Waals surface area contributed by atoms with E-state index in [9.17, 15) is 15.0 Å². The minimum atomic E-state index is -1.50. The number of phenolic OH excluding ortho intramolecular Hbond substituents is 1. The molecular weight excluding hydrogens is 428 g/mol. The van der Waals surface area contributed by atoms with Crippen LogP contribution in [0.4, 0.5) is 0 Å². The maximum absolute atomic E-state index is 11.8. The van der Waals surface area contributed by atoms with Crippen molar-refractivity contribution in [3.05, 3.63) is 36.0 Å². The third-order valence-electron chi connectivity index (χ3n) is 5.89. The fourth-order valence-electron chi connectivity index (χ4n) is 3.98. The molecule has 2 unspecified atom stereocenters. The van der Waals surface area contributed by atoms with Crippen molar-refractivity contribution in [3.8, 4) is 5.75 Å². The number of carbonyl (C=O) groups is 1. The summed E-state index contributed by atoms with van der Waals surface area (Å²) in [6, 6.07) is 7.36. The van der Waals surface area contributed by atoms with Crippen LogP contribution in [0.3, 0.4) is 0 Å². The molecule has 2 aromatic rings. The molecule has 1 aliphatic carbocycles. The average Bonchev–Trinajstić information content (AvgIpc) is 2.65. The number of fused-ring (bicyclic) bond motifs is 1. The number of carboxylic acids is 1. The molecule has 0 saturated heterocycles. The Balaban J connectivity index is 0.00000225. The van der Waals surface area contributed by atoms with Crippen LogP contribution < -0.4 is 11.1 Å². The second-order valence-electron chi connectivity index (χ2n) is 7.60. The summed E-state index contributed by atoms with van der Waals surface area (Å²) in [6.45, 7) is 0.388. The molecule has 1 aromatic carbocycles. The molecule has 6 N–H and O–H groups in total. The van der Waals surface area contributed by atoms with Gasteiger partial charge in [0, 0.05) is 36.3 Å². The van der Waals surface area contributed by atoms with E-state index in [2.05, 4.69) is 10.3 Å². The summed E-state index contributed by atoms with van der Waals surface area (Å²) in [4.78, 5) is 16.2. The third kappa shape index (κ3) is 5.18. The number of phenols is 1. The molecule has 0 aliphatic heterocycles. The Kier molecular flexibility index (Phi) is 9.84. The number of nitrogens with zero attached hydrogens (tertiary/aromatic N) is 1. The second kappa shape index (κ2) is 11.2. The first-order chi connectivity index (χ1) is 13.4. The summed E-state index contributed by atoms with van der Waals surface area (Å²) in [5.41, 5.74) is 6.18. The summed E-state index contributed by atoms with van der Waals surface area (Å²) < 4.78 is 0. The van der Waals surface area contributed by atoms with Crippen molar-refractivity contribution in [1.82, 2.24) is 10.3 Å². The average molecular weight is 456 g/mol. The fraction of sp³-hybridized carbons (Fsp3) is 0.500. The van der Waals surface area contributed by atoms with Gasteiger partial charge in [0.15, 0.2) is 0 Å². The van der Waals surface area contributed by atoms with Gasteiger partial charge in [-0.2, -0.15) is 0 Å². The van der Waals surface area contributed by atoms with E-state index in [1.165, 1.54) is 0 Å². The number of nitrogens with one attached hydrogen (secondary N) is 1. The molecule has 2 radical (unpaired) electrons. The van der Waals surface area contributed by atoms with Crippen molar-refractivity contribution in [2.45, 2.75) is 49.6 Å². The molecule has 2 atom stereocenters. The van der Waals surface area contributed by atoms with Gasteiger partial charge in [0.05, 0.1) is 13.4 Å². The maximum atomic E-state index is 11.8. The lowest BCUT2D eigenvalue weighted by Gasteiger charge is -2.48. The lowest BCUT2D eigenvalue weighted by molar-refractivity contribution is -0.148. The number of aliphatic hydroxyl groups excluding tert-OH is 1. The number of benzene rings is 1. The number of rotatable bonds is 9. The molecule has 7 nitrogen and oxygen atoms in total. The van der Waals surface area contributed by atoms with E-state index in [0.717, 1.165) is 16.5 Å². The van der Waals surface area contributed by atoms with Crippen molar-refractivity contribution < 1.29 is 20.1 Å². The highest BCUT2D eigenvalue weighted by Gasteiger charge is 2.51. The van der Waals surface area contributed by atoms with Crippen LogP contribution in [0.1, 0.15) is 31.2 Å². The molecule has 3 rings (SSSR count). The molecule has 164 valence electrons. The number of nitrogens with two attached hydrogens (primary N) is 1. The summed E-state index contributed by atoms with van der Waals surface area (Å²) in [5.74, 6) is -1.87. The highest BCUT2D eigenvalue weighted by atomic mass is 35.5. The Hall–Kier alpha value is -1.58. The largest absolute Gasteiger partial charge is 0.508 e. The van der Waals surface area contributed by atoms with Crippen LogP contribution in [0.25, 0.3) is 10.9 Å². The van der Waals surface area contributed by atoms with Gasteiger partial charge in [0.2, 0.25) is 0 Å². The Morgan fingerprint density at radius 1 is 1.33 bits per heavy atom. The molecule has 0 bridgehead atoms. The van der Waals surface area contributed by atoms with Crippen molar-refractivity contribution in [2.75, 3.05) is 6.61 Å². The van der Waals surface area contributed by atoms with E-state index in [0.29, 0.717) is 32.2 Å². The number of pyridine rings is 1. The van der Waals surface area contributed by atoms with Gasteiger partial charge >= 0.3 is 5.97 Å². The molecule has 1 aliphatic rings. The monoisotopic (exact) mass is 455 g/mol. The van der Waals surface area contributed by atoms with Crippen LogP contribution in [-0.2, 0) is 11.3 Å². The molecule has 1 saturated carbocycles. The van der Waals surface area contributed by atoms with Crippen LogP contribution in [0.2, 0.25) is 5.82 Å². The van der Waals surface area contributed by atoms with Crippen LogP contribution in [-0.4, -0.2) is 52.3 Å². The van der Waals surface area contributed by atoms with Gasteiger partial charge < -0.3 is 26.4 Å². The summed E-state index contributed by atoms with van der Waals surface area (Å²) in [5, 5.41) is 33.1. The SMILES string of the molecule is Cl.Cl.[B]C(CCCO)C(N)(C(=O)O)C1CC(NCc2c(O)ccc3cccnc23)C1. The number of hydrogen-bond acceptors (Lipinski definition) is 6. The molecule has 30 heavy (non-hydrogen) atoms. The van der Waals surface area contributed by atoms with E-state index < -0.39 is 17.3 Å². The first kappa shape index (κ1) is 26.5. The normalized spacial score (nSPS) is 20.9. The first-order valence-electron chi connectivity index (χ1n) is 9.55. The predicted octanol–water partition coefficient (Wildman–Crippen LogP) is 2.16. The van der Waals surface area contributed by atoms with Gasteiger partial charge in [-0.15, -0.1) is 24.8 Å². The Morgan fingerprint density at radius 3 is 2.67 bits per heavy atom. The lowest BCUT2D eigenvalue weighted by Crippen LogP contribution is -2.63. The summed E-state index contributed by atoms with van der Waals surface area (Å²) in [7, 11) is 6.06. The molecule has 0 spiro atoms. The molecule has 1 aromatic heterocycles. The number of aliphatic hydroxyl groups is 1. The molecular formula is C20H28BCl2N3O4. The number of carboxylic acid groups (broad SMARTS) is 1. The molecule has 1 fully saturated rings. The van der Waals surface area contributed by atoms with Crippen LogP contribution in [0.15, 0.2) is 30.5 Å². The number of halogens is 2. The lowest BCUT2D eigenvalue weighted by atomic mass is 9.57. The van der Waals surface area contributed by atoms with Crippen LogP contribution >= 0.6 is 24.8 Å². The van der Waals surface area contributed by atoms with E-state index in [-0.39, 0.29) is 49.1 Å². The van der Waals surface area contributed by atoms with Gasteiger partial charge in [-0.3, -0.25) is 9.78 Å². The minimum Gasteiger partial charge on any atom is -0.508 e. The highest BCUT2D eigenvalue weighted by Crippen LogP contribution is 2.42. The van der Waals surface area contributed by atoms with Gasteiger partial charge in [-0.25, -0.2) is 0 Å². The van der Waals surface area contributed by atoms with Gasteiger partial charge in [-0.1, -0.05) is 12.5 Å². The standard InChI is InChI=1S/C20H26BN3O4.2ClH/c21-17(4-2-8-25)20(22,19(27)28)13-9-14(10-13)24-11-15-16(26)6-5-12-3-1-7-23-18(12)15;;/h1,3,5-7,13-14,17,24-26H,2,4,8-11,22H2,(H,27,28);2*1H. The number of aliphatic carboxylic acids is 1. The van der Waals surface area contributed by atoms with E-state index in [1.54, 1.807) is 12.3 Å². The van der Waals surface area contributed by atoms with Crippen molar-refractivity contribution in [2.24, 2.45) is 11.7 Å². The van der Waals surface area contributed by atoms with E-state index >= 15 is 0 Å². The van der Waals surface area contributed by atoms with Crippen molar-refractivity contribution in [3.63, 3.8) is 0 Å². The fourth-order valence-corrected chi connectivity index (χ4v) is 3.98. The zero-order chi connectivity index (χ0) is 20.3. The summed E-state index contributed by atoms with van der Waals surface area (Å²) in [6.07, 6.45) is 3.66. The van der Waals surface area contributed by atoms with Crippen molar-refractivity contribution in [1.29, 1.82) is 0 Å². The smallest absolute Gasteiger partial charge is 0.323 e. The number of aromatic nitrogens is 1. The molecule has 1 heterocycles.